The van der Waals surface area contributed by atoms with Crippen LogP contribution in [-0.2, 0) is 9.59 Å². The molecule has 0 heterocycles. The summed E-state index contributed by atoms with van der Waals surface area (Å²) in [5, 5.41) is 12.9. The lowest BCUT2D eigenvalue weighted by Gasteiger charge is -2.17. The second-order valence-electron chi connectivity index (χ2n) is 4.02. The van der Waals surface area contributed by atoms with Gasteiger partial charge >= 0.3 is 12.0 Å². The molecule has 3 N–H and O–H groups in total. The maximum Gasteiger partial charge on any atom is 0.328 e. The van der Waals surface area contributed by atoms with Crippen molar-refractivity contribution in [1.82, 2.24) is 10.6 Å². The van der Waals surface area contributed by atoms with Gasteiger partial charge in [-0.05, 0) is 25.2 Å². The molecule has 1 aliphatic carbocycles. The topological polar surface area (TPSA) is 95.5 Å². The number of amides is 3. The summed E-state index contributed by atoms with van der Waals surface area (Å²) >= 11 is 0. The number of carboxylic acid groups (broad SMARTS) is 1. The molecular weight excluding hydrogens is 236 g/mol. The first-order chi connectivity index (χ1) is 8.58. The molecule has 0 radical (unpaired) electrons. The molecule has 18 heavy (non-hydrogen) atoms. The number of hydrogen-bond donors (Lipinski definition) is 3. The molecule has 0 bridgehead atoms. The fourth-order valence-electron chi connectivity index (χ4n) is 1.62. The molecule has 3 amide bonds. The average molecular weight is 252 g/mol. The first-order valence-corrected chi connectivity index (χ1v) is 5.72. The largest absolute Gasteiger partial charge is 0.478 e. The zero-order valence-corrected chi connectivity index (χ0v) is 9.89. The predicted octanol–water partition coefficient (Wildman–Crippen LogP) is 0.809. The Labute approximate surface area is 105 Å². The molecule has 0 aromatic rings. The summed E-state index contributed by atoms with van der Waals surface area (Å²) < 4.78 is 0. The first kappa shape index (κ1) is 14.0. The van der Waals surface area contributed by atoms with Crippen molar-refractivity contribution in [2.45, 2.75) is 19.3 Å². The number of hydrogen-bond acceptors (Lipinski definition) is 3. The fourth-order valence-corrected chi connectivity index (χ4v) is 1.62. The molecule has 1 rings (SSSR count). The van der Waals surface area contributed by atoms with E-state index in [-0.39, 0.29) is 0 Å². The van der Waals surface area contributed by atoms with Crippen LogP contribution in [0.2, 0.25) is 0 Å². The standard InChI is InChI=1S/C12H16N2O4/c15-10(6-7-11(16)17)14-12(18)13-8-9-4-2-1-3-5-9/h1-2,6-7,9H,3-5,8H2,(H,16,17)(H2,13,14,15,18). The lowest BCUT2D eigenvalue weighted by Crippen LogP contribution is -2.40. The molecule has 6 nitrogen and oxygen atoms in total. The Bertz CT molecular complexity index is 388. The molecule has 0 saturated heterocycles. The van der Waals surface area contributed by atoms with E-state index in [4.69, 9.17) is 5.11 Å². The molecule has 0 aliphatic heterocycles. The number of allylic oxidation sites excluding steroid dienone is 2. The maximum absolute atomic E-state index is 11.3. The van der Waals surface area contributed by atoms with Crippen LogP contribution in [0.4, 0.5) is 4.79 Å². The Hall–Kier alpha value is -2.11. The number of urea groups is 1. The Morgan fingerprint density at radius 3 is 2.67 bits per heavy atom. The average Bonchev–Trinajstić information content (AvgIpc) is 2.35. The van der Waals surface area contributed by atoms with Crippen LogP contribution in [0.15, 0.2) is 24.3 Å². The summed E-state index contributed by atoms with van der Waals surface area (Å²) in [4.78, 5) is 32.5. The van der Waals surface area contributed by atoms with Crippen LogP contribution in [0.3, 0.4) is 0 Å². The number of carbonyl (C=O) groups excluding carboxylic acids is 2. The molecule has 0 spiro atoms. The number of carbonyl (C=O) groups is 3. The minimum absolute atomic E-state index is 0.394. The van der Waals surface area contributed by atoms with E-state index in [0.717, 1.165) is 25.3 Å². The van der Waals surface area contributed by atoms with E-state index in [9.17, 15) is 14.4 Å². The summed E-state index contributed by atoms with van der Waals surface area (Å²) in [6, 6.07) is -0.607. The van der Waals surface area contributed by atoms with Crippen molar-refractivity contribution < 1.29 is 19.5 Å². The Kier molecular flexibility index (Phi) is 5.63. The molecule has 0 aromatic heterocycles. The van der Waals surface area contributed by atoms with Crippen molar-refractivity contribution in [2.75, 3.05) is 6.54 Å². The van der Waals surface area contributed by atoms with Gasteiger partial charge in [-0.1, -0.05) is 12.2 Å². The second-order valence-corrected chi connectivity index (χ2v) is 4.02. The first-order valence-electron chi connectivity index (χ1n) is 5.72. The van der Waals surface area contributed by atoms with Gasteiger partial charge in [0.15, 0.2) is 0 Å². The van der Waals surface area contributed by atoms with Gasteiger partial charge in [-0.3, -0.25) is 10.1 Å². The van der Waals surface area contributed by atoms with Gasteiger partial charge in [0.1, 0.15) is 0 Å². The highest BCUT2D eigenvalue weighted by atomic mass is 16.4. The molecule has 0 fully saturated rings. The monoisotopic (exact) mass is 252 g/mol. The van der Waals surface area contributed by atoms with Crippen LogP contribution in [0, 0.1) is 5.92 Å². The van der Waals surface area contributed by atoms with E-state index < -0.39 is 17.9 Å². The van der Waals surface area contributed by atoms with E-state index >= 15 is 0 Å². The molecule has 6 heteroatoms. The molecular formula is C12H16N2O4. The molecule has 0 saturated carbocycles. The van der Waals surface area contributed by atoms with Crippen LogP contribution in [0.1, 0.15) is 19.3 Å². The van der Waals surface area contributed by atoms with Crippen molar-refractivity contribution in [3.05, 3.63) is 24.3 Å². The van der Waals surface area contributed by atoms with E-state index in [1.165, 1.54) is 0 Å². The van der Waals surface area contributed by atoms with Gasteiger partial charge in [0.25, 0.3) is 5.91 Å². The normalized spacial score (nSPS) is 18.6. The maximum atomic E-state index is 11.3. The predicted molar refractivity (Wildman–Crippen MR) is 64.8 cm³/mol. The summed E-state index contributed by atoms with van der Waals surface area (Å²) in [5.41, 5.74) is 0. The van der Waals surface area contributed by atoms with Gasteiger partial charge < -0.3 is 10.4 Å². The highest BCUT2D eigenvalue weighted by Crippen LogP contribution is 2.16. The third-order valence-electron chi connectivity index (χ3n) is 2.54. The van der Waals surface area contributed by atoms with Crippen molar-refractivity contribution in [3.63, 3.8) is 0 Å². The number of imide groups is 1. The summed E-state index contributed by atoms with van der Waals surface area (Å²) in [6.45, 7) is 0.506. The number of carboxylic acids is 1. The number of rotatable bonds is 4. The quantitative estimate of drug-likeness (QED) is 0.509. The zero-order chi connectivity index (χ0) is 13.4. The van der Waals surface area contributed by atoms with E-state index in [0.29, 0.717) is 18.5 Å². The summed E-state index contributed by atoms with van der Waals surface area (Å²) in [6.07, 6.45) is 8.61. The SMILES string of the molecule is O=C(O)C=CC(=O)NC(=O)NCC1CC=CCC1. The Morgan fingerprint density at radius 1 is 1.28 bits per heavy atom. The Balaban J connectivity index is 2.22. The minimum atomic E-state index is -1.24. The zero-order valence-electron chi connectivity index (χ0n) is 9.89. The lowest BCUT2D eigenvalue weighted by atomic mass is 9.94. The van der Waals surface area contributed by atoms with Gasteiger partial charge in [0.2, 0.25) is 0 Å². The molecule has 1 atom stereocenters. The number of aliphatic carboxylic acids is 1. The molecule has 98 valence electrons. The van der Waals surface area contributed by atoms with Crippen LogP contribution >= 0.6 is 0 Å². The molecule has 1 aliphatic rings. The smallest absolute Gasteiger partial charge is 0.328 e. The van der Waals surface area contributed by atoms with Crippen LogP contribution < -0.4 is 10.6 Å². The number of nitrogens with one attached hydrogen (secondary N) is 2. The highest BCUT2D eigenvalue weighted by molar-refractivity contribution is 6.02. The van der Waals surface area contributed by atoms with Gasteiger partial charge in [-0.2, -0.15) is 0 Å². The van der Waals surface area contributed by atoms with Crippen molar-refractivity contribution >= 4 is 17.9 Å². The molecule has 1 unspecified atom stereocenters. The van der Waals surface area contributed by atoms with Crippen LogP contribution in [0.5, 0.6) is 0 Å². The van der Waals surface area contributed by atoms with Gasteiger partial charge in [-0.25, -0.2) is 9.59 Å². The molecule has 0 aromatic carbocycles. The van der Waals surface area contributed by atoms with Gasteiger partial charge in [0.05, 0.1) is 0 Å². The van der Waals surface area contributed by atoms with Crippen molar-refractivity contribution in [2.24, 2.45) is 5.92 Å². The highest BCUT2D eigenvalue weighted by Gasteiger charge is 2.11. The van der Waals surface area contributed by atoms with Crippen molar-refractivity contribution in [1.29, 1.82) is 0 Å². The Morgan fingerprint density at radius 2 is 2.06 bits per heavy atom. The fraction of sp³-hybridized carbons (Fsp3) is 0.417. The van der Waals surface area contributed by atoms with Crippen molar-refractivity contribution in [3.8, 4) is 0 Å². The third kappa shape index (κ3) is 5.83. The lowest BCUT2D eigenvalue weighted by molar-refractivity contribution is -0.131. The van der Waals surface area contributed by atoms with Gasteiger partial charge in [0, 0.05) is 18.7 Å². The third-order valence-corrected chi connectivity index (χ3v) is 2.54. The second kappa shape index (κ2) is 7.26. The van der Waals surface area contributed by atoms with Crippen LogP contribution in [-0.4, -0.2) is 29.6 Å². The summed E-state index contributed by atoms with van der Waals surface area (Å²) in [7, 11) is 0. The van der Waals surface area contributed by atoms with Gasteiger partial charge in [-0.15, -0.1) is 0 Å². The van der Waals surface area contributed by atoms with Crippen LogP contribution in [0.25, 0.3) is 0 Å². The summed E-state index contributed by atoms with van der Waals surface area (Å²) in [5.74, 6) is -1.59. The van der Waals surface area contributed by atoms with E-state index in [2.05, 4.69) is 17.5 Å². The minimum Gasteiger partial charge on any atom is -0.478 e. The van der Waals surface area contributed by atoms with E-state index in [1.54, 1.807) is 0 Å². The van der Waals surface area contributed by atoms with E-state index in [1.807, 2.05) is 5.32 Å².